The maximum Gasteiger partial charge on any atom is 0.0449 e. The average Bonchev–Trinajstić information content (AvgIpc) is 2.47. The first-order valence-corrected chi connectivity index (χ1v) is 7.77. The molecule has 3 aliphatic heterocycles. The zero-order valence-electron chi connectivity index (χ0n) is 11.7. The van der Waals surface area contributed by atoms with E-state index in [9.17, 15) is 0 Å². The van der Waals surface area contributed by atoms with Crippen LogP contribution in [-0.4, -0.2) is 61.2 Å². The largest absolute Gasteiger partial charge is 0.309 e. The Hall–Kier alpha value is -0.380. The molecule has 2 bridgehead atoms. The molecule has 2 atom stereocenters. The molecule has 0 radical (unpaired) electrons. The van der Waals surface area contributed by atoms with E-state index < -0.39 is 0 Å². The summed E-state index contributed by atoms with van der Waals surface area (Å²) in [6, 6.07) is 1.33. The maximum atomic E-state index is 3.77. The summed E-state index contributed by atoms with van der Waals surface area (Å²) < 4.78 is 0. The summed E-state index contributed by atoms with van der Waals surface area (Å²) in [7, 11) is 0. The Morgan fingerprint density at radius 1 is 1.28 bits per heavy atom. The second-order valence-corrected chi connectivity index (χ2v) is 5.96. The Bertz CT molecular complexity index is 305. The van der Waals surface area contributed by atoms with E-state index in [4.69, 9.17) is 0 Å². The van der Waals surface area contributed by atoms with Gasteiger partial charge >= 0.3 is 0 Å². The molecule has 3 saturated heterocycles. The van der Waals surface area contributed by atoms with Crippen molar-refractivity contribution in [3.63, 3.8) is 0 Å². The van der Waals surface area contributed by atoms with Gasteiger partial charge < -0.3 is 5.32 Å². The van der Waals surface area contributed by atoms with Crippen LogP contribution in [0.25, 0.3) is 0 Å². The number of nitrogens with zero attached hydrogens (tertiary/aromatic N) is 2. The fourth-order valence-corrected chi connectivity index (χ4v) is 3.85. The molecule has 0 aromatic rings. The molecule has 0 spiro atoms. The topological polar surface area (TPSA) is 18.5 Å². The normalized spacial score (nSPS) is 37.4. The van der Waals surface area contributed by atoms with E-state index in [1.165, 1.54) is 58.4 Å². The van der Waals surface area contributed by atoms with Crippen molar-refractivity contribution in [2.75, 3.05) is 39.3 Å². The highest BCUT2D eigenvalue weighted by atomic mass is 15.4. The summed E-state index contributed by atoms with van der Waals surface area (Å²) in [5, 5.41) is 3.77. The van der Waals surface area contributed by atoms with Gasteiger partial charge in [-0.1, -0.05) is 18.6 Å². The number of allylic oxidation sites excluding steroid dienone is 1. The zero-order valence-corrected chi connectivity index (χ0v) is 11.7. The van der Waals surface area contributed by atoms with E-state index in [1.54, 1.807) is 5.57 Å². The fourth-order valence-electron chi connectivity index (χ4n) is 3.85. The van der Waals surface area contributed by atoms with Crippen LogP contribution in [0.5, 0.6) is 0 Å². The quantitative estimate of drug-likeness (QED) is 0.761. The third kappa shape index (κ3) is 2.49. The van der Waals surface area contributed by atoms with Crippen LogP contribution in [0.4, 0.5) is 0 Å². The van der Waals surface area contributed by atoms with Crippen molar-refractivity contribution in [3.8, 4) is 0 Å². The number of hydrogen-bond donors (Lipinski definition) is 1. The van der Waals surface area contributed by atoms with E-state index in [0.29, 0.717) is 6.04 Å². The zero-order chi connectivity index (χ0) is 12.4. The molecule has 0 aromatic heterocycles. The molecule has 4 aliphatic rings. The first-order valence-electron chi connectivity index (χ1n) is 7.77. The molecule has 1 N–H and O–H groups in total. The van der Waals surface area contributed by atoms with Crippen molar-refractivity contribution in [1.82, 2.24) is 15.1 Å². The molecule has 4 rings (SSSR count). The molecule has 1 aliphatic carbocycles. The van der Waals surface area contributed by atoms with Crippen molar-refractivity contribution in [2.24, 2.45) is 0 Å². The Kier molecular flexibility index (Phi) is 4.02. The standard InChI is InChI=1S/C15H27N3/c1-2-16-15(13-6-4-3-5-7-13)14-12-17-8-10-18(14)11-9-17/h6,14-16H,2-5,7-12H2,1H3. The first-order chi connectivity index (χ1) is 8.88. The highest BCUT2D eigenvalue weighted by Crippen LogP contribution is 2.27. The molecule has 3 heteroatoms. The van der Waals surface area contributed by atoms with E-state index >= 15 is 0 Å². The van der Waals surface area contributed by atoms with Gasteiger partial charge in [0.15, 0.2) is 0 Å². The SMILES string of the molecule is CCNC(C1=CCCCC1)C1CN2CCN1CC2. The molecule has 0 aromatic carbocycles. The van der Waals surface area contributed by atoms with E-state index in [0.717, 1.165) is 12.6 Å². The Labute approximate surface area is 111 Å². The van der Waals surface area contributed by atoms with Gasteiger partial charge in [0, 0.05) is 44.8 Å². The van der Waals surface area contributed by atoms with Crippen LogP contribution >= 0.6 is 0 Å². The minimum atomic E-state index is 0.610. The maximum absolute atomic E-state index is 3.77. The van der Waals surface area contributed by atoms with Crippen LogP contribution in [0.15, 0.2) is 11.6 Å². The molecule has 3 fully saturated rings. The molecule has 2 unspecified atom stereocenters. The van der Waals surface area contributed by atoms with Crippen LogP contribution < -0.4 is 5.32 Å². The Morgan fingerprint density at radius 3 is 2.67 bits per heavy atom. The van der Waals surface area contributed by atoms with Crippen molar-refractivity contribution in [1.29, 1.82) is 0 Å². The van der Waals surface area contributed by atoms with E-state index in [2.05, 4.69) is 28.1 Å². The van der Waals surface area contributed by atoms with Crippen LogP contribution in [0.1, 0.15) is 32.6 Å². The third-order valence-electron chi connectivity index (χ3n) is 4.86. The summed E-state index contributed by atoms with van der Waals surface area (Å²) in [6.45, 7) is 9.73. The Morgan fingerprint density at radius 2 is 2.11 bits per heavy atom. The van der Waals surface area contributed by atoms with Crippen molar-refractivity contribution in [3.05, 3.63) is 11.6 Å². The number of hydrogen-bond acceptors (Lipinski definition) is 3. The summed E-state index contributed by atoms with van der Waals surface area (Å²) >= 11 is 0. The van der Waals surface area contributed by atoms with E-state index in [-0.39, 0.29) is 0 Å². The van der Waals surface area contributed by atoms with Crippen LogP contribution in [0, 0.1) is 0 Å². The van der Waals surface area contributed by atoms with E-state index in [1.807, 2.05) is 0 Å². The van der Waals surface area contributed by atoms with Crippen molar-refractivity contribution >= 4 is 0 Å². The van der Waals surface area contributed by atoms with Gasteiger partial charge in [0.25, 0.3) is 0 Å². The lowest BCUT2D eigenvalue weighted by Gasteiger charge is -2.51. The minimum Gasteiger partial charge on any atom is -0.309 e. The monoisotopic (exact) mass is 249 g/mol. The smallest absolute Gasteiger partial charge is 0.0449 e. The number of piperazine rings is 3. The van der Waals surface area contributed by atoms with Crippen LogP contribution in [0.3, 0.4) is 0 Å². The third-order valence-corrected chi connectivity index (χ3v) is 4.86. The highest BCUT2D eigenvalue weighted by molar-refractivity contribution is 5.18. The highest BCUT2D eigenvalue weighted by Gasteiger charge is 2.37. The summed E-state index contributed by atoms with van der Waals surface area (Å²) in [4.78, 5) is 5.38. The summed E-state index contributed by atoms with van der Waals surface area (Å²) in [6.07, 6.45) is 7.93. The molecule has 0 saturated carbocycles. The molecule has 3 heterocycles. The van der Waals surface area contributed by atoms with Crippen molar-refractivity contribution < 1.29 is 0 Å². The summed E-state index contributed by atoms with van der Waals surface area (Å²) in [5.74, 6) is 0. The van der Waals surface area contributed by atoms with Gasteiger partial charge in [-0.05, 0) is 32.2 Å². The summed E-state index contributed by atoms with van der Waals surface area (Å²) in [5.41, 5.74) is 1.70. The predicted molar refractivity (Wildman–Crippen MR) is 75.8 cm³/mol. The molecule has 18 heavy (non-hydrogen) atoms. The van der Waals surface area contributed by atoms with Gasteiger partial charge in [-0.25, -0.2) is 0 Å². The number of likely N-dealkylation sites (N-methyl/N-ethyl adjacent to an activating group) is 1. The second-order valence-electron chi connectivity index (χ2n) is 5.96. The average molecular weight is 249 g/mol. The number of nitrogens with one attached hydrogen (secondary N) is 1. The van der Waals surface area contributed by atoms with Gasteiger partial charge in [0.1, 0.15) is 0 Å². The van der Waals surface area contributed by atoms with Gasteiger partial charge in [-0.3, -0.25) is 9.80 Å². The molecular formula is C15H27N3. The lowest BCUT2D eigenvalue weighted by atomic mass is 9.87. The number of rotatable bonds is 4. The lowest BCUT2D eigenvalue weighted by molar-refractivity contribution is 0.00174. The second kappa shape index (κ2) is 5.72. The number of fused-ring (bicyclic) bond motifs is 3. The van der Waals surface area contributed by atoms with Crippen LogP contribution in [0.2, 0.25) is 0 Å². The first kappa shape index (κ1) is 12.6. The molecular weight excluding hydrogens is 222 g/mol. The van der Waals surface area contributed by atoms with Gasteiger partial charge in [-0.15, -0.1) is 0 Å². The van der Waals surface area contributed by atoms with Gasteiger partial charge in [0.05, 0.1) is 0 Å². The Balaban J connectivity index is 1.74. The minimum absolute atomic E-state index is 0.610. The predicted octanol–water partition coefficient (Wildman–Crippen LogP) is 1.46. The lowest BCUT2D eigenvalue weighted by Crippen LogP contribution is -2.66. The fraction of sp³-hybridized carbons (Fsp3) is 0.867. The van der Waals surface area contributed by atoms with Gasteiger partial charge in [-0.2, -0.15) is 0 Å². The molecule has 0 amide bonds. The van der Waals surface area contributed by atoms with Crippen molar-refractivity contribution in [2.45, 2.75) is 44.7 Å². The molecule has 3 nitrogen and oxygen atoms in total. The molecule has 102 valence electrons. The van der Waals surface area contributed by atoms with Crippen LogP contribution in [-0.2, 0) is 0 Å². The van der Waals surface area contributed by atoms with Gasteiger partial charge in [0.2, 0.25) is 0 Å².